The molecule has 0 bridgehead atoms. The molecule has 0 heterocycles. The second kappa shape index (κ2) is 9.56. The Bertz CT molecular complexity index is 516. The number of amides is 3. The highest BCUT2D eigenvalue weighted by atomic mass is 16.2. The fourth-order valence-electron chi connectivity index (χ4n) is 2.37. The van der Waals surface area contributed by atoms with Gasteiger partial charge in [-0.1, -0.05) is 55.4 Å². The number of hydrogen-bond donors (Lipinski definition) is 2. The topological polar surface area (TPSA) is 78.5 Å². The van der Waals surface area contributed by atoms with Crippen LogP contribution < -0.4 is 10.6 Å². The molecule has 0 spiro atoms. The Hall–Kier alpha value is -1.59. The van der Waals surface area contributed by atoms with Crippen LogP contribution in [0.3, 0.4) is 0 Å². The van der Waals surface area contributed by atoms with Gasteiger partial charge in [0.25, 0.3) is 0 Å². The second-order valence-electron chi connectivity index (χ2n) is 10.6. The maximum Gasteiger partial charge on any atom is 0.315 e. The van der Waals surface area contributed by atoms with Gasteiger partial charge < -0.3 is 20.3 Å². The molecule has 158 valence electrons. The number of carbonyl (C=O) groups excluding carboxylic acids is 3. The Morgan fingerprint density at radius 3 is 1.89 bits per heavy atom. The molecule has 0 aromatic rings. The van der Waals surface area contributed by atoms with E-state index in [0.717, 1.165) is 6.29 Å². The molecule has 2 N–H and O–H groups in total. The summed E-state index contributed by atoms with van der Waals surface area (Å²) in [5.74, 6) is -0.0265. The Balaban J connectivity index is 5.00. The van der Waals surface area contributed by atoms with E-state index in [9.17, 15) is 14.4 Å². The van der Waals surface area contributed by atoms with E-state index < -0.39 is 0 Å². The molecule has 2 atom stereocenters. The molecular formula is C21H41N3O3. The molecule has 0 fully saturated rings. The summed E-state index contributed by atoms with van der Waals surface area (Å²) in [4.78, 5) is 37.5. The van der Waals surface area contributed by atoms with Gasteiger partial charge in [-0.15, -0.1) is 0 Å². The normalized spacial score (nSPS) is 14.9. The lowest BCUT2D eigenvalue weighted by molar-refractivity contribution is -0.132. The van der Waals surface area contributed by atoms with Crippen molar-refractivity contribution in [1.82, 2.24) is 15.5 Å². The first kappa shape index (κ1) is 25.4. The number of urea groups is 1. The maximum atomic E-state index is 12.6. The highest BCUT2D eigenvalue weighted by molar-refractivity contribution is 5.77. The van der Waals surface area contributed by atoms with Gasteiger partial charge in [0.05, 0.1) is 6.04 Å². The van der Waals surface area contributed by atoms with Crippen molar-refractivity contribution in [1.29, 1.82) is 0 Å². The Morgan fingerprint density at radius 1 is 0.963 bits per heavy atom. The molecule has 0 aliphatic rings. The quantitative estimate of drug-likeness (QED) is 0.629. The summed E-state index contributed by atoms with van der Waals surface area (Å²) < 4.78 is 0. The van der Waals surface area contributed by atoms with Crippen molar-refractivity contribution in [3.63, 3.8) is 0 Å². The highest BCUT2D eigenvalue weighted by Gasteiger charge is 2.31. The van der Waals surface area contributed by atoms with Gasteiger partial charge in [-0.05, 0) is 23.2 Å². The largest absolute Gasteiger partial charge is 0.344 e. The van der Waals surface area contributed by atoms with E-state index in [0.29, 0.717) is 19.4 Å². The predicted molar refractivity (Wildman–Crippen MR) is 111 cm³/mol. The van der Waals surface area contributed by atoms with E-state index in [4.69, 9.17) is 0 Å². The third-order valence-corrected chi connectivity index (χ3v) is 5.15. The molecule has 0 rings (SSSR count). The van der Waals surface area contributed by atoms with Crippen LogP contribution in [-0.4, -0.2) is 48.8 Å². The zero-order valence-corrected chi connectivity index (χ0v) is 19.0. The summed E-state index contributed by atoms with van der Waals surface area (Å²) in [6, 6.07) is -0.408. The van der Waals surface area contributed by atoms with Crippen LogP contribution >= 0.6 is 0 Å². The fraction of sp³-hybridized carbons (Fsp3) is 0.857. The van der Waals surface area contributed by atoms with Crippen molar-refractivity contribution >= 4 is 18.2 Å². The molecule has 6 nitrogen and oxygen atoms in total. The van der Waals surface area contributed by atoms with Crippen molar-refractivity contribution in [3.8, 4) is 0 Å². The summed E-state index contributed by atoms with van der Waals surface area (Å²) in [5, 5.41) is 6.02. The standard InChI is InChI=1S/C21H41N3O3/c1-15(19(2,3)4)22-18(27)23-16(20(5,6)7)14-24(10)17(26)13-21(8,9)11-12-25/h12,15-16H,11,13-14H2,1-10H3,(H2,22,23,27). The van der Waals surface area contributed by atoms with Crippen LogP contribution in [0.25, 0.3) is 0 Å². The number of carbonyl (C=O) groups is 3. The van der Waals surface area contributed by atoms with Crippen LogP contribution in [0.2, 0.25) is 0 Å². The monoisotopic (exact) mass is 383 g/mol. The molecule has 27 heavy (non-hydrogen) atoms. The summed E-state index contributed by atoms with van der Waals surface area (Å²) in [7, 11) is 1.75. The maximum absolute atomic E-state index is 12.6. The van der Waals surface area contributed by atoms with Crippen molar-refractivity contribution in [2.75, 3.05) is 13.6 Å². The second-order valence-corrected chi connectivity index (χ2v) is 10.6. The van der Waals surface area contributed by atoms with Crippen LogP contribution in [0.4, 0.5) is 4.79 Å². The van der Waals surface area contributed by atoms with Crippen LogP contribution in [0.1, 0.15) is 75.2 Å². The zero-order valence-electron chi connectivity index (χ0n) is 19.0. The van der Waals surface area contributed by atoms with Crippen molar-refractivity contribution < 1.29 is 14.4 Å². The minimum absolute atomic E-state index is 0.0154. The molecule has 3 amide bonds. The number of nitrogens with one attached hydrogen (secondary N) is 2. The highest BCUT2D eigenvalue weighted by Crippen LogP contribution is 2.26. The minimum atomic E-state index is -0.364. The number of aldehydes is 1. The predicted octanol–water partition coefficient (Wildman–Crippen LogP) is 3.60. The molecule has 0 radical (unpaired) electrons. The van der Waals surface area contributed by atoms with E-state index in [1.165, 1.54) is 0 Å². The molecule has 0 aromatic carbocycles. The van der Waals surface area contributed by atoms with Crippen molar-refractivity contribution in [2.45, 2.75) is 87.2 Å². The molecule has 0 saturated carbocycles. The molecule has 0 aromatic heterocycles. The number of rotatable bonds is 8. The van der Waals surface area contributed by atoms with Crippen LogP contribution in [-0.2, 0) is 9.59 Å². The van der Waals surface area contributed by atoms with Gasteiger partial charge in [-0.2, -0.15) is 0 Å². The molecule has 0 aliphatic carbocycles. The summed E-state index contributed by atoms with van der Waals surface area (Å²) in [6.07, 6.45) is 1.50. The molecule has 6 heteroatoms. The smallest absolute Gasteiger partial charge is 0.315 e. The average molecular weight is 384 g/mol. The van der Waals surface area contributed by atoms with Gasteiger partial charge in [0, 0.05) is 32.5 Å². The first-order valence-electron chi connectivity index (χ1n) is 9.74. The first-order valence-corrected chi connectivity index (χ1v) is 9.74. The SMILES string of the molecule is CC(NC(=O)NC(CN(C)C(=O)CC(C)(C)CC=O)C(C)(C)C)C(C)(C)C. The Morgan fingerprint density at radius 2 is 1.48 bits per heavy atom. The molecule has 2 unspecified atom stereocenters. The lowest BCUT2D eigenvalue weighted by Gasteiger charge is -2.36. The van der Waals surface area contributed by atoms with Crippen molar-refractivity contribution in [2.24, 2.45) is 16.2 Å². The zero-order chi connectivity index (χ0) is 21.6. The van der Waals surface area contributed by atoms with Crippen LogP contribution in [0.5, 0.6) is 0 Å². The molecular weight excluding hydrogens is 342 g/mol. The van der Waals surface area contributed by atoms with Gasteiger partial charge in [0.1, 0.15) is 6.29 Å². The van der Waals surface area contributed by atoms with Gasteiger partial charge in [0.2, 0.25) is 5.91 Å². The lowest BCUT2D eigenvalue weighted by Crippen LogP contribution is -2.56. The van der Waals surface area contributed by atoms with Crippen molar-refractivity contribution in [3.05, 3.63) is 0 Å². The van der Waals surface area contributed by atoms with E-state index >= 15 is 0 Å². The van der Waals surface area contributed by atoms with Gasteiger partial charge in [-0.3, -0.25) is 4.79 Å². The average Bonchev–Trinajstić information content (AvgIpc) is 2.43. The fourth-order valence-corrected chi connectivity index (χ4v) is 2.37. The first-order chi connectivity index (χ1) is 12.0. The van der Waals surface area contributed by atoms with Crippen LogP contribution in [0.15, 0.2) is 0 Å². The third-order valence-electron chi connectivity index (χ3n) is 5.15. The summed E-state index contributed by atoms with van der Waals surface area (Å²) in [6.45, 7) is 18.6. The molecule has 0 aliphatic heterocycles. The van der Waals surface area contributed by atoms with Crippen LogP contribution in [0, 0.1) is 16.2 Å². The number of likely N-dealkylation sites (N-methyl/N-ethyl adjacent to an activating group) is 1. The van der Waals surface area contributed by atoms with E-state index in [-0.39, 0.29) is 40.3 Å². The lowest BCUT2D eigenvalue weighted by atomic mass is 9.84. The van der Waals surface area contributed by atoms with Gasteiger partial charge in [-0.25, -0.2) is 4.79 Å². The molecule has 0 saturated heterocycles. The van der Waals surface area contributed by atoms with E-state index in [1.807, 2.05) is 41.5 Å². The summed E-state index contributed by atoms with van der Waals surface area (Å²) >= 11 is 0. The minimum Gasteiger partial charge on any atom is -0.344 e. The third kappa shape index (κ3) is 9.78. The van der Waals surface area contributed by atoms with E-state index in [2.05, 4.69) is 31.4 Å². The van der Waals surface area contributed by atoms with Gasteiger partial charge >= 0.3 is 6.03 Å². The number of hydrogen-bond acceptors (Lipinski definition) is 3. The van der Waals surface area contributed by atoms with Gasteiger partial charge in [0.15, 0.2) is 0 Å². The summed E-state index contributed by atoms with van der Waals surface area (Å²) in [5.41, 5.74) is -0.613. The van der Waals surface area contributed by atoms with E-state index in [1.54, 1.807) is 11.9 Å². The number of nitrogens with zero attached hydrogens (tertiary/aromatic N) is 1. The Kier molecular flexibility index (Phi) is 9.00. The Labute approximate surface area is 165 Å².